The summed E-state index contributed by atoms with van der Waals surface area (Å²) in [6.45, 7) is 1.45. The summed E-state index contributed by atoms with van der Waals surface area (Å²) in [5, 5.41) is 3.99. The third-order valence-corrected chi connectivity index (χ3v) is 2.33. The first-order valence-electron chi connectivity index (χ1n) is 4.67. The van der Waals surface area contributed by atoms with Crippen LogP contribution in [0.5, 0.6) is 5.75 Å². The van der Waals surface area contributed by atoms with E-state index in [4.69, 9.17) is 10.5 Å². The summed E-state index contributed by atoms with van der Waals surface area (Å²) < 4.78 is 6.61. The number of aromatic nitrogens is 2. The van der Waals surface area contributed by atoms with Gasteiger partial charge in [0.15, 0.2) is 0 Å². The molecule has 0 amide bonds. The van der Waals surface area contributed by atoms with Gasteiger partial charge < -0.3 is 10.5 Å². The van der Waals surface area contributed by atoms with Crippen LogP contribution in [0.25, 0.3) is 0 Å². The zero-order valence-electron chi connectivity index (χ0n) is 8.68. The second-order valence-electron chi connectivity index (χ2n) is 2.88. The SMILES string of the molecule is CSCCn1ncc(OCCN)cc1=O. The molecule has 0 saturated carbocycles. The summed E-state index contributed by atoms with van der Waals surface area (Å²) in [5.41, 5.74) is 5.14. The number of hydrogen-bond acceptors (Lipinski definition) is 5. The molecule has 1 aromatic heterocycles. The van der Waals surface area contributed by atoms with Crippen molar-refractivity contribution in [3.63, 3.8) is 0 Å². The second kappa shape index (κ2) is 6.47. The summed E-state index contributed by atoms with van der Waals surface area (Å²) in [6, 6.07) is 1.43. The number of nitrogens with zero attached hydrogens (tertiary/aromatic N) is 2. The van der Waals surface area contributed by atoms with E-state index < -0.39 is 0 Å². The van der Waals surface area contributed by atoms with Crippen molar-refractivity contribution < 1.29 is 4.74 Å². The maximum absolute atomic E-state index is 11.5. The first-order valence-corrected chi connectivity index (χ1v) is 6.06. The molecule has 0 aliphatic rings. The van der Waals surface area contributed by atoms with E-state index in [1.807, 2.05) is 6.26 Å². The first-order chi connectivity index (χ1) is 7.27. The van der Waals surface area contributed by atoms with E-state index >= 15 is 0 Å². The van der Waals surface area contributed by atoms with Crippen molar-refractivity contribution in [2.45, 2.75) is 6.54 Å². The number of thioether (sulfide) groups is 1. The lowest BCUT2D eigenvalue weighted by Crippen LogP contribution is -2.23. The van der Waals surface area contributed by atoms with Crippen molar-refractivity contribution in [1.82, 2.24) is 9.78 Å². The van der Waals surface area contributed by atoms with Crippen molar-refractivity contribution in [2.75, 3.05) is 25.2 Å². The number of ether oxygens (including phenoxy) is 1. The Hall–Kier alpha value is -1.01. The molecule has 0 fully saturated rings. The molecular formula is C9H15N3O2S. The molecule has 0 unspecified atom stereocenters. The molecule has 0 aliphatic carbocycles. The van der Waals surface area contributed by atoms with Crippen LogP contribution < -0.4 is 16.0 Å². The van der Waals surface area contributed by atoms with Gasteiger partial charge in [0.2, 0.25) is 0 Å². The zero-order valence-corrected chi connectivity index (χ0v) is 9.50. The molecule has 0 aromatic carbocycles. The van der Waals surface area contributed by atoms with Gasteiger partial charge in [-0.05, 0) is 6.26 Å². The molecule has 0 bridgehead atoms. The van der Waals surface area contributed by atoms with Crippen LogP contribution in [0.2, 0.25) is 0 Å². The Bertz CT molecular complexity index is 353. The Labute approximate surface area is 92.6 Å². The third-order valence-electron chi connectivity index (χ3n) is 1.74. The van der Waals surface area contributed by atoms with Gasteiger partial charge in [-0.2, -0.15) is 16.9 Å². The minimum atomic E-state index is -0.140. The van der Waals surface area contributed by atoms with Crippen LogP contribution in [0.4, 0.5) is 0 Å². The van der Waals surface area contributed by atoms with Gasteiger partial charge >= 0.3 is 0 Å². The van der Waals surface area contributed by atoms with Crippen molar-refractivity contribution in [1.29, 1.82) is 0 Å². The summed E-state index contributed by atoms with van der Waals surface area (Å²) in [4.78, 5) is 11.5. The van der Waals surface area contributed by atoms with Gasteiger partial charge in [-0.1, -0.05) is 0 Å². The first kappa shape index (κ1) is 12.1. The number of rotatable bonds is 6. The van der Waals surface area contributed by atoms with Gasteiger partial charge in [0.05, 0.1) is 12.7 Å². The summed E-state index contributed by atoms with van der Waals surface area (Å²) >= 11 is 1.68. The van der Waals surface area contributed by atoms with E-state index in [9.17, 15) is 4.79 Å². The van der Waals surface area contributed by atoms with Gasteiger partial charge in [-0.3, -0.25) is 4.79 Å². The fourth-order valence-electron chi connectivity index (χ4n) is 1.02. The van der Waals surface area contributed by atoms with Crippen LogP contribution in [0.3, 0.4) is 0 Å². The normalized spacial score (nSPS) is 10.3. The average molecular weight is 229 g/mol. The molecule has 0 saturated heterocycles. The van der Waals surface area contributed by atoms with Crippen molar-refractivity contribution in [2.24, 2.45) is 5.73 Å². The average Bonchev–Trinajstić information content (AvgIpc) is 2.25. The lowest BCUT2D eigenvalue weighted by Gasteiger charge is -2.05. The highest BCUT2D eigenvalue weighted by Crippen LogP contribution is 2.02. The highest BCUT2D eigenvalue weighted by atomic mass is 32.2. The lowest BCUT2D eigenvalue weighted by molar-refractivity contribution is 0.324. The molecule has 5 nitrogen and oxygen atoms in total. The zero-order chi connectivity index (χ0) is 11.1. The van der Waals surface area contributed by atoms with Gasteiger partial charge in [-0.25, -0.2) is 4.68 Å². The molecule has 84 valence electrons. The van der Waals surface area contributed by atoms with Crippen LogP contribution in [0, 0.1) is 0 Å². The Morgan fingerprint density at radius 2 is 2.47 bits per heavy atom. The molecule has 0 atom stereocenters. The van der Waals surface area contributed by atoms with Crippen molar-refractivity contribution in [3.05, 3.63) is 22.6 Å². The monoisotopic (exact) mass is 229 g/mol. The smallest absolute Gasteiger partial charge is 0.270 e. The predicted molar refractivity (Wildman–Crippen MR) is 61.4 cm³/mol. The van der Waals surface area contributed by atoms with E-state index in [1.165, 1.54) is 16.9 Å². The standard InChI is InChI=1S/C9H15N3O2S/c1-15-5-3-12-9(13)6-8(7-11-12)14-4-2-10/h6-7H,2-5,10H2,1H3. The molecule has 6 heteroatoms. The molecule has 1 rings (SSSR count). The highest BCUT2D eigenvalue weighted by molar-refractivity contribution is 7.98. The third kappa shape index (κ3) is 3.93. The predicted octanol–water partition coefficient (Wildman–Crippen LogP) is -0.0562. The van der Waals surface area contributed by atoms with Crippen LogP contribution in [0.1, 0.15) is 0 Å². The Kier molecular flexibility index (Phi) is 5.20. The van der Waals surface area contributed by atoms with Gasteiger partial charge in [0.1, 0.15) is 12.4 Å². The van der Waals surface area contributed by atoms with Gasteiger partial charge in [-0.15, -0.1) is 0 Å². The number of nitrogens with two attached hydrogens (primary N) is 1. The molecule has 0 spiro atoms. The fourth-order valence-corrected chi connectivity index (χ4v) is 1.37. The number of aryl methyl sites for hydroxylation is 1. The van der Waals surface area contributed by atoms with Crippen LogP contribution >= 0.6 is 11.8 Å². The van der Waals surface area contributed by atoms with Gasteiger partial charge in [0, 0.05) is 18.4 Å². The quantitative estimate of drug-likeness (QED) is 0.740. The fraction of sp³-hybridized carbons (Fsp3) is 0.556. The largest absolute Gasteiger partial charge is 0.490 e. The Morgan fingerprint density at radius 3 is 3.07 bits per heavy atom. The minimum Gasteiger partial charge on any atom is -0.490 e. The molecule has 15 heavy (non-hydrogen) atoms. The lowest BCUT2D eigenvalue weighted by atomic mass is 10.5. The molecule has 2 N–H and O–H groups in total. The maximum atomic E-state index is 11.5. The van der Waals surface area contributed by atoms with E-state index in [1.54, 1.807) is 11.8 Å². The maximum Gasteiger partial charge on any atom is 0.270 e. The molecule has 0 aliphatic heterocycles. The summed E-state index contributed by atoms with van der Waals surface area (Å²) in [7, 11) is 0. The van der Waals surface area contributed by atoms with Crippen molar-refractivity contribution in [3.8, 4) is 5.75 Å². The van der Waals surface area contributed by atoms with Crippen molar-refractivity contribution >= 4 is 11.8 Å². The van der Waals surface area contributed by atoms with E-state index in [-0.39, 0.29) is 5.56 Å². The van der Waals surface area contributed by atoms with E-state index in [0.717, 1.165) is 5.75 Å². The van der Waals surface area contributed by atoms with Crippen LogP contribution in [-0.4, -0.2) is 34.9 Å². The summed E-state index contributed by atoms with van der Waals surface area (Å²) in [5.74, 6) is 1.35. The second-order valence-corrected chi connectivity index (χ2v) is 3.87. The van der Waals surface area contributed by atoms with Crippen LogP contribution in [0.15, 0.2) is 17.1 Å². The summed E-state index contributed by atoms with van der Waals surface area (Å²) in [6.07, 6.45) is 3.53. The Morgan fingerprint density at radius 1 is 1.67 bits per heavy atom. The minimum absolute atomic E-state index is 0.140. The molecule has 1 heterocycles. The topological polar surface area (TPSA) is 70.1 Å². The highest BCUT2D eigenvalue weighted by Gasteiger charge is 2.00. The van der Waals surface area contributed by atoms with Crippen LogP contribution in [-0.2, 0) is 6.54 Å². The van der Waals surface area contributed by atoms with Gasteiger partial charge in [0.25, 0.3) is 5.56 Å². The molecule has 1 aromatic rings. The van der Waals surface area contributed by atoms with E-state index in [0.29, 0.717) is 25.4 Å². The molecule has 0 radical (unpaired) electrons. The number of hydrogen-bond donors (Lipinski definition) is 1. The molecular weight excluding hydrogens is 214 g/mol. The Balaban J connectivity index is 2.66. The van der Waals surface area contributed by atoms with E-state index in [2.05, 4.69) is 5.10 Å².